The van der Waals surface area contributed by atoms with Crippen molar-refractivity contribution in [1.82, 2.24) is 4.98 Å². The molecule has 0 aliphatic heterocycles. The Morgan fingerprint density at radius 2 is 2.22 bits per heavy atom. The lowest BCUT2D eigenvalue weighted by Crippen LogP contribution is -1.99. The molecule has 1 rings (SSSR count). The van der Waals surface area contributed by atoms with E-state index in [1.165, 1.54) is 12.4 Å². The van der Waals surface area contributed by atoms with Crippen molar-refractivity contribution < 1.29 is 19.8 Å². The second-order valence-electron chi connectivity index (χ2n) is 3.70. The molecule has 0 saturated heterocycles. The van der Waals surface area contributed by atoms with Crippen molar-refractivity contribution in [3.63, 3.8) is 0 Å². The number of oxime groups is 1. The van der Waals surface area contributed by atoms with Gasteiger partial charge < -0.3 is 19.8 Å². The summed E-state index contributed by atoms with van der Waals surface area (Å²) < 4.78 is 4.86. The summed E-state index contributed by atoms with van der Waals surface area (Å²) in [6.07, 6.45) is 3.62. The van der Waals surface area contributed by atoms with Gasteiger partial charge in [-0.1, -0.05) is 5.16 Å². The Bertz CT molecular complexity index is 407. The molecular weight excluding hydrogens is 236 g/mol. The molecule has 0 unspecified atom stereocenters. The Hall–Kier alpha value is -1.66. The third kappa shape index (κ3) is 3.97. The average Bonchev–Trinajstić information content (AvgIpc) is 2.38. The highest BCUT2D eigenvalue weighted by molar-refractivity contribution is 5.85. The smallest absolute Gasteiger partial charge is 0.146 e. The number of aromatic nitrogens is 1. The van der Waals surface area contributed by atoms with Gasteiger partial charge in [0.15, 0.2) is 0 Å². The van der Waals surface area contributed by atoms with Gasteiger partial charge in [-0.25, -0.2) is 0 Å². The summed E-state index contributed by atoms with van der Waals surface area (Å²) in [6, 6.07) is 0. The van der Waals surface area contributed by atoms with Gasteiger partial charge in [-0.05, 0) is 6.92 Å². The summed E-state index contributed by atoms with van der Waals surface area (Å²) in [5, 5.41) is 22.7. The first-order chi connectivity index (χ1) is 8.70. The SMILES string of the molecule is COCCCO/N=C/c1c(CO)cnc(C)c1O. The molecule has 0 saturated carbocycles. The monoisotopic (exact) mass is 254 g/mol. The first kappa shape index (κ1) is 14.4. The standard InChI is InChI=1S/C12H18N2O4/c1-9-12(16)11(10(8-15)6-13-9)7-14-18-5-3-4-17-2/h6-7,15-16H,3-5,8H2,1-2H3/b14-7+. The second-order valence-corrected chi connectivity index (χ2v) is 3.70. The molecule has 0 spiro atoms. The summed E-state index contributed by atoms with van der Waals surface area (Å²) in [7, 11) is 1.62. The second kappa shape index (κ2) is 7.62. The Kier molecular flexibility index (Phi) is 6.10. The zero-order valence-corrected chi connectivity index (χ0v) is 10.6. The highest BCUT2D eigenvalue weighted by atomic mass is 16.6. The van der Waals surface area contributed by atoms with Crippen LogP contribution in [0, 0.1) is 6.92 Å². The highest BCUT2D eigenvalue weighted by Gasteiger charge is 2.09. The predicted octanol–water partition coefficient (Wildman–Crippen LogP) is 0.975. The Balaban J connectivity index is 2.65. The fraction of sp³-hybridized carbons (Fsp3) is 0.500. The number of rotatable bonds is 7. The van der Waals surface area contributed by atoms with Crippen molar-refractivity contribution in [3.05, 3.63) is 23.0 Å². The van der Waals surface area contributed by atoms with E-state index in [1.54, 1.807) is 14.0 Å². The van der Waals surface area contributed by atoms with Crippen LogP contribution in [0.4, 0.5) is 0 Å². The molecule has 0 aromatic carbocycles. The van der Waals surface area contributed by atoms with Crippen LogP contribution in [0.3, 0.4) is 0 Å². The van der Waals surface area contributed by atoms with Crippen molar-refractivity contribution in [2.24, 2.45) is 5.16 Å². The van der Waals surface area contributed by atoms with Gasteiger partial charge in [0.1, 0.15) is 12.4 Å². The molecule has 0 aliphatic rings. The molecule has 2 N–H and O–H groups in total. The lowest BCUT2D eigenvalue weighted by atomic mass is 10.1. The number of hydrogen-bond acceptors (Lipinski definition) is 6. The number of aliphatic hydroxyl groups is 1. The Morgan fingerprint density at radius 1 is 1.44 bits per heavy atom. The van der Waals surface area contributed by atoms with E-state index in [9.17, 15) is 5.11 Å². The molecule has 0 amide bonds. The maximum Gasteiger partial charge on any atom is 0.146 e. The Morgan fingerprint density at radius 3 is 2.89 bits per heavy atom. The minimum Gasteiger partial charge on any atom is -0.505 e. The molecule has 6 nitrogen and oxygen atoms in total. The first-order valence-corrected chi connectivity index (χ1v) is 5.63. The van der Waals surface area contributed by atoms with E-state index in [0.29, 0.717) is 30.0 Å². The lowest BCUT2D eigenvalue weighted by molar-refractivity contribution is 0.110. The van der Waals surface area contributed by atoms with Crippen molar-refractivity contribution in [3.8, 4) is 5.75 Å². The summed E-state index contributed by atoms with van der Waals surface area (Å²) >= 11 is 0. The minimum absolute atomic E-state index is 0.00536. The average molecular weight is 254 g/mol. The molecule has 0 atom stereocenters. The van der Waals surface area contributed by atoms with Gasteiger partial charge >= 0.3 is 0 Å². The summed E-state index contributed by atoms with van der Waals surface area (Å²) in [5.74, 6) is 0.00536. The maximum absolute atomic E-state index is 9.81. The number of aliphatic hydroxyl groups excluding tert-OH is 1. The predicted molar refractivity (Wildman–Crippen MR) is 66.6 cm³/mol. The molecular formula is C12H18N2O4. The molecule has 0 radical (unpaired) electrons. The topological polar surface area (TPSA) is 84.2 Å². The lowest BCUT2D eigenvalue weighted by Gasteiger charge is -2.06. The molecule has 6 heteroatoms. The number of pyridine rings is 1. The Labute approximate surface area is 106 Å². The quantitative estimate of drug-likeness (QED) is 0.430. The van der Waals surface area contributed by atoms with Crippen LogP contribution in [0.15, 0.2) is 11.4 Å². The van der Waals surface area contributed by atoms with Crippen molar-refractivity contribution in [2.45, 2.75) is 20.0 Å². The van der Waals surface area contributed by atoms with E-state index >= 15 is 0 Å². The molecule has 18 heavy (non-hydrogen) atoms. The van der Waals surface area contributed by atoms with Crippen LogP contribution in [0.1, 0.15) is 23.2 Å². The first-order valence-electron chi connectivity index (χ1n) is 5.63. The van der Waals surface area contributed by atoms with E-state index < -0.39 is 0 Å². The number of methoxy groups -OCH3 is 1. The molecule has 0 aliphatic carbocycles. The third-order valence-corrected chi connectivity index (χ3v) is 2.37. The van der Waals surface area contributed by atoms with Gasteiger partial charge in [-0.3, -0.25) is 4.98 Å². The van der Waals surface area contributed by atoms with E-state index in [2.05, 4.69) is 10.1 Å². The van der Waals surface area contributed by atoms with Crippen LogP contribution < -0.4 is 0 Å². The van der Waals surface area contributed by atoms with Crippen molar-refractivity contribution in [1.29, 1.82) is 0 Å². The summed E-state index contributed by atoms with van der Waals surface area (Å²) in [5.41, 5.74) is 1.41. The highest BCUT2D eigenvalue weighted by Crippen LogP contribution is 2.21. The number of ether oxygens (including phenoxy) is 1. The van der Waals surface area contributed by atoms with Crippen LogP contribution in [-0.4, -0.2) is 41.7 Å². The minimum atomic E-state index is -0.216. The molecule has 0 fully saturated rings. The van der Waals surface area contributed by atoms with E-state index in [-0.39, 0.29) is 12.4 Å². The van der Waals surface area contributed by atoms with Crippen LogP contribution in [0.5, 0.6) is 5.75 Å². The zero-order chi connectivity index (χ0) is 13.4. The number of nitrogens with zero attached hydrogens (tertiary/aromatic N) is 2. The van der Waals surface area contributed by atoms with Gasteiger partial charge in [0.05, 0.1) is 18.5 Å². The van der Waals surface area contributed by atoms with Gasteiger partial charge in [0.25, 0.3) is 0 Å². The van der Waals surface area contributed by atoms with Gasteiger partial charge in [0.2, 0.25) is 0 Å². The van der Waals surface area contributed by atoms with Gasteiger partial charge in [-0.15, -0.1) is 0 Å². The summed E-state index contributed by atoms with van der Waals surface area (Å²) in [6.45, 7) is 2.50. The fourth-order valence-electron chi connectivity index (χ4n) is 1.33. The van der Waals surface area contributed by atoms with Gasteiger partial charge in [-0.2, -0.15) is 0 Å². The zero-order valence-electron chi connectivity index (χ0n) is 10.6. The molecule has 1 heterocycles. The largest absolute Gasteiger partial charge is 0.505 e. The van der Waals surface area contributed by atoms with Crippen molar-refractivity contribution >= 4 is 6.21 Å². The maximum atomic E-state index is 9.81. The number of hydrogen-bond donors (Lipinski definition) is 2. The molecule has 1 aromatic heterocycles. The van der Waals surface area contributed by atoms with Crippen LogP contribution >= 0.6 is 0 Å². The van der Waals surface area contributed by atoms with Crippen LogP contribution in [0.2, 0.25) is 0 Å². The molecule has 100 valence electrons. The van der Waals surface area contributed by atoms with Crippen LogP contribution in [-0.2, 0) is 16.2 Å². The molecule has 1 aromatic rings. The normalized spacial score (nSPS) is 11.1. The summed E-state index contributed by atoms with van der Waals surface area (Å²) in [4.78, 5) is 8.96. The van der Waals surface area contributed by atoms with E-state index in [4.69, 9.17) is 14.7 Å². The molecule has 0 bridgehead atoms. The number of aromatic hydroxyl groups is 1. The van der Waals surface area contributed by atoms with Crippen molar-refractivity contribution in [2.75, 3.05) is 20.3 Å². The van der Waals surface area contributed by atoms with Gasteiger partial charge in [0, 0.05) is 37.5 Å². The number of aryl methyl sites for hydroxylation is 1. The van der Waals surface area contributed by atoms with E-state index in [1.807, 2.05) is 0 Å². The fourth-order valence-corrected chi connectivity index (χ4v) is 1.33. The third-order valence-electron chi connectivity index (χ3n) is 2.37. The van der Waals surface area contributed by atoms with E-state index in [0.717, 1.165) is 6.42 Å². The van der Waals surface area contributed by atoms with Crippen LogP contribution in [0.25, 0.3) is 0 Å².